The summed E-state index contributed by atoms with van der Waals surface area (Å²) in [4.78, 5) is 0. The lowest BCUT2D eigenvalue weighted by Crippen LogP contribution is -1.97. The predicted octanol–water partition coefficient (Wildman–Crippen LogP) is 4.81. The number of hydrogen-bond donors (Lipinski definition) is 1. The molecule has 0 radical (unpaired) electrons. The minimum absolute atomic E-state index is 0.776. The summed E-state index contributed by atoms with van der Waals surface area (Å²) in [7, 11) is 0. The van der Waals surface area contributed by atoms with Crippen LogP contribution in [-0.4, -0.2) is 0 Å². The van der Waals surface area contributed by atoms with Gasteiger partial charge in [0.05, 0.1) is 12.5 Å². The van der Waals surface area contributed by atoms with Crippen molar-refractivity contribution < 1.29 is 4.42 Å². The van der Waals surface area contributed by atoms with Gasteiger partial charge < -0.3 is 9.73 Å². The summed E-state index contributed by atoms with van der Waals surface area (Å²) in [6.45, 7) is 0.776. The van der Waals surface area contributed by atoms with Crippen molar-refractivity contribution in [2.24, 2.45) is 0 Å². The van der Waals surface area contributed by atoms with Gasteiger partial charge in [0.1, 0.15) is 0 Å². The zero-order valence-electron chi connectivity index (χ0n) is 9.69. The molecule has 0 atom stereocenters. The minimum Gasteiger partial charge on any atom is -0.472 e. The van der Waals surface area contributed by atoms with Crippen LogP contribution in [0.1, 0.15) is 5.56 Å². The largest absolute Gasteiger partial charge is 0.472 e. The topological polar surface area (TPSA) is 25.2 Å². The van der Waals surface area contributed by atoms with Gasteiger partial charge in [0, 0.05) is 22.3 Å². The van der Waals surface area contributed by atoms with Gasteiger partial charge in [-0.15, -0.1) is 0 Å². The predicted molar refractivity (Wildman–Crippen MR) is 77.7 cm³/mol. The molecule has 0 unspecified atom stereocenters. The number of anilines is 1. The standard InChI is InChI=1S/C15H12BrNO/c16-14-3-1-13-8-15(4-2-12(13)7-14)17-9-11-5-6-18-10-11/h1-8,10,17H,9H2. The molecule has 0 spiro atoms. The third kappa shape index (κ3) is 2.41. The van der Waals surface area contributed by atoms with Crippen LogP contribution in [0.4, 0.5) is 5.69 Å². The monoisotopic (exact) mass is 301 g/mol. The van der Waals surface area contributed by atoms with Crippen LogP contribution < -0.4 is 5.32 Å². The van der Waals surface area contributed by atoms with Gasteiger partial charge in [0.15, 0.2) is 0 Å². The molecular formula is C15H12BrNO. The molecule has 0 aliphatic rings. The second-order valence-corrected chi connectivity index (χ2v) is 5.11. The van der Waals surface area contributed by atoms with Gasteiger partial charge in [-0.2, -0.15) is 0 Å². The highest BCUT2D eigenvalue weighted by Gasteiger charge is 1.98. The van der Waals surface area contributed by atoms with E-state index in [2.05, 4.69) is 57.6 Å². The molecule has 3 heteroatoms. The average molecular weight is 302 g/mol. The summed E-state index contributed by atoms with van der Waals surface area (Å²) in [6.07, 6.45) is 3.44. The van der Waals surface area contributed by atoms with Gasteiger partial charge in [-0.05, 0) is 41.1 Å². The van der Waals surface area contributed by atoms with Crippen LogP contribution in [0, 0.1) is 0 Å². The second-order valence-electron chi connectivity index (χ2n) is 4.19. The zero-order valence-corrected chi connectivity index (χ0v) is 11.3. The first-order valence-corrected chi connectivity index (χ1v) is 6.55. The molecule has 1 N–H and O–H groups in total. The quantitative estimate of drug-likeness (QED) is 0.751. The minimum atomic E-state index is 0.776. The summed E-state index contributed by atoms with van der Waals surface area (Å²) in [5, 5.41) is 5.85. The van der Waals surface area contributed by atoms with Gasteiger partial charge in [0.25, 0.3) is 0 Å². The van der Waals surface area contributed by atoms with E-state index in [9.17, 15) is 0 Å². The van der Waals surface area contributed by atoms with Crippen LogP contribution in [0.2, 0.25) is 0 Å². The lowest BCUT2D eigenvalue weighted by Gasteiger charge is -2.06. The maximum absolute atomic E-state index is 5.04. The van der Waals surface area contributed by atoms with Gasteiger partial charge >= 0.3 is 0 Å². The van der Waals surface area contributed by atoms with E-state index < -0.39 is 0 Å². The second kappa shape index (κ2) is 4.86. The molecule has 1 aromatic heterocycles. The third-order valence-electron chi connectivity index (χ3n) is 2.88. The number of furan rings is 1. The van der Waals surface area contributed by atoms with E-state index in [-0.39, 0.29) is 0 Å². The van der Waals surface area contributed by atoms with E-state index in [1.54, 1.807) is 12.5 Å². The van der Waals surface area contributed by atoms with Crippen LogP contribution in [-0.2, 0) is 6.54 Å². The van der Waals surface area contributed by atoms with Crippen molar-refractivity contribution in [3.8, 4) is 0 Å². The molecule has 0 saturated heterocycles. The van der Waals surface area contributed by atoms with Gasteiger partial charge in [0.2, 0.25) is 0 Å². The number of benzene rings is 2. The van der Waals surface area contributed by atoms with E-state index >= 15 is 0 Å². The first kappa shape index (κ1) is 11.4. The Kier molecular flexibility index (Phi) is 3.07. The molecule has 2 aromatic carbocycles. The van der Waals surface area contributed by atoms with Gasteiger partial charge in [-0.1, -0.05) is 28.1 Å². The Hall–Kier alpha value is -1.74. The zero-order chi connectivity index (χ0) is 12.4. The average Bonchev–Trinajstić information content (AvgIpc) is 2.89. The fourth-order valence-corrected chi connectivity index (χ4v) is 2.30. The molecule has 3 rings (SSSR count). The maximum atomic E-state index is 5.04. The fraction of sp³-hybridized carbons (Fsp3) is 0.0667. The molecule has 18 heavy (non-hydrogen) atoms. The van der Waals surface area contributed by atoms with E-state index in [1.165, 1.54) is 10.8 Å². The molecule has 3 aromatic rings. The normalized spacial score (nSPS) is 10.7. The SMILES string of the molecule is Brc1ccc2cc(NCc3ccoc3)ccc2c1. The Morgan fingerprint density at radius 1 is 1.00 bits per heavy atom. The summed E-state index contributed by atoms with van der Waals surface area (Å²) >= 11 is 3.48. The summed E-state index contributed by atoms with van der Waals surface area (Å²) in [5.41, 5.74) is 2.26. The molecule has 2 nitrogen and oxygen atoms in total. The van der Waals surface area contributed by atoms with Crippen LogP contribution in [0.15, 0.2) is 63.9 Å². The Bertz CT molecular complexity index is 661. The van der Waals surface area contributed by atoms with Gasteiger partial charge in [-0.25, -0.2) is 0 Å². The lowest BCUT2D eigenvalue weighted by atomic mass is 10.1. The van der Waals surface area contributed by atoms with Crippen molar-refractivity contribution in [2.75, 3.05) is 5.32 Å². The molecule has 0 bridgehead atoms. The summed E-state index contributed by atoms with van der Waals surface area (Å²) < 4.78 is 6.15. The third-order valence-corrected chi connectivity index (χ3v) is 3.37. The van der Waals surface area contributed by atoms with E-state index in [0.29, 0.717) is 0 Å². The highest BCUT2D eigenvalue weighted by Crippen LogP contribution is 2.23. The smallest absolute Gasteiger partial charge is 0.0952 e. The molecule has 0 aliphatic heterocycles. The van der Waals surface area contributed by atoms with E-state index in [1.807, 2.05) is 6.07 Å². The van der Waals surface area contributed by atoms with Crippen LogP contribution in [0.5, 0.6) is 0 Å². The molecular weight excluding hydrogens is 290 g/mol. The molecule has 90 valence electrons. The van der Waals surface area contributed by atoms with E-state index in [0.717, 1.165) is 22.3 Å². The first-order valence-electron chi connectivity index (χ1n) is 5.75. The van der Waals surface area contributed by atoms with Crippen molar-refractivity contribution in [2.45, 2.75) is 6.54 Å². The van der Waals surface area contributed by atoms with Gasteiger partial charge in [-0.3, -0.25) is 0 Å². The lowest BCUT2D eigenvalue weighted by molar-refractivity contribution is 0.564. The molecule has 0 fully saturated rings. The number of hydrogen-bond acceptors (Lipinski definition) is 2. The van der Waals surface area contributed by atoms with Crippen LogP contribution in [0.25, 0.3) is 10.8 Å². The Balaban J connectivity index is 1.82. The van der Waals surface area contributed by atoms with Crippen molar-refractivity contribution >= 4 is 32.4 Å². The van der Waals surface area contributed by atoms with Crippen molar-refractivity contribution in [1.82, 2.24) is 0 Å². The molecule has 0 saturated carbocycles. The van der Waals surface area contributed by atoms with Crippen LogP contribution in [0.3, 0.4) is 0 Å². The summed E-state index contributed by atoms with van der Waals surface area (Å²) in [5.74, 6) is 0. The molecule has 1 heterocycles. The Morgan fingerprint density at radius 2 is 1.83 bits per heavy atom. The Morgan fingerprint density at radius 3 is 2.67 bits per heavy atom. The number of fused-ring (bicyclic) bond motifs is 1. The van der Waals surface area contributed by atoms with Crippen molar-refractivity contribution in [1.29, 1.82) is 0 Å². The van der Waals surface area contributed by atoms with Crippen molar-refractivity contribution in [3.63, 3.8) is 0 Å². The van der Waals surface area contributed by atoms with E-state index in [4.69, 9.17) is 4.42 Å². The number of rotatable bonds is 3. The molecule has 0 amide bonds. The first-order chi connectivity index (χ1) is 8.81. The Labute approximate surface area is 114 Å². The number of halogens is 1. The van der Waals surface area contributed by atoms with Crippen molar-refractivity contribution in [3.05, 3.63) is 65.0 Å². The highest BCUT2D eigenvalue weighted by molar-refractivity contribution is 9.10. The fourth-order valence-electron chi connectivity index (χ4n) is 1.92. The highest BCUT2D eigenvalue weighted by atomic mass is 79.9. The number of nitrogens with one attached hydrogen (secondary N) is 1. The summed E-state index contributed by atoms with van der Waals surface area (Å²) in [6, 6.07) is 14.6. The van der Waals surface area contributed by atoms with Crippen LogP contribution >= 0.6 is 15.9 Å². The maximum Gasteiger partial charge on any atom is 0.0952 e. The molecule has 0 aliphatic carbocycles.